The second kappa shape index (κ2) is 7.68. The summed E-state index contributed by atoms with van der Waals surface area (Å²) in [7, 11) is 2.97. The number of esters is 1. The Bertz CT molecular complexity index is 537. The molecule has 0 heterocycles. The van der Waals surface area contributed by atoms with Crippen molar-refractivity contribution >= 4 is 11.9 Å². The summed E-state index contributed by atoms with van der Waals surface area (Å²) in [6.07, 6.45) is 4.24. The van der Waals surface area contributed by atoms with E-state index in [1.807, 2.05) is 0 Å². The van der Waals surface area contributed by atoms with Gasteiger partial charge in [0.05, 0.1) is 14.2 Å². The predicted octanol–water partition coefficient (Wildman–Crippen LogP) is 1.92. The summed E-state index contributed by atoms with van der Waals surface area (Å²) in [6.45, 7) is -0.296. The molecule has 1 aromatic carbocycles. The van der Waals surface area contributed by atoms with E-state index in [2.05, 4.69) is 5.32 Å². The van der Waals surface area contributed by atoms with Gasteiger partial charge in [0.2, 0.25) is 0 Å². The van der Waals surface area contributed by atoms with Gasteiger partial charge < -0.3 is 19.5 Å². The summed E-state index contributed by atoms with van der Waals surface area (Å²) in [6, 6.07) is 5.03. The zero-order chi connectivity index (χ0) is 15.9. The number of carbonyl (C=O) groups is 2. The maximum absolute atomic E-state index is 12.1. The lowest BCUT2D eigenvalue weighted by molar-refractivity contribution is -0.124. The zero-order valence-corrected chi connectivity index (χ0v) is 12.9. The minimum Gasteiger partial charge on any atom is -0.497 e. The third-order valence-electron chi connectivity index (χ3n) is 3.68. The van der Waals surface area contributed by atoms with E-state index >= 15 is 0 Å². The number of rotatable bonds is 6. The number of carbonyl (C=O) groups excluding carboxylic acids is 2. The molecule has 0 radical (unpaired) electrons. The van der Waals surface area contributed by atoms with E-state index in [0.29, 0.717) is 11.5 Å². The molecular weight excluding hydrogens is 286 g/mol. The molecule has 1 aliphatic carbocycles. The van der Waals surface area contributed by atoms with E-state index in [4.69, 9.17) is 14.2 Å². The van der Waals surface area contributed by atoms with Crippen LogP contribution in [0, 0.1) is 0 Å². The summed E-state index contributed by atoms with van der Waals surface area (Å²) in [5.41, 5.74) is 0.232. The van der Waals surface area contributed by atoms with Gasteiger partial charge in [-0.25, -0.2) is 4.79 Å². The van der Waals surface area contributed by atoms with E-state index in [0.717, 1.165) is 25.7 Å². The number of ether oxygens (including phenoxy) is 3. The molecule has 0 atom stereocenters. The summed E-state index contributed by atoms with van der Waals surface area (Å²) >= 11 is 0. The van der Waals surface area contributed by atoms with Crippen LogP contribution in [0.4, 0.5) is 0 Å². The molecule has 6 nitrogen and oxygen atoms in total. The van der Waals surface area contributed by atoms with Gasteiger partial charge in [-0.05, 0) is 31.0 Å². The average Bonchev–Trinajstić information content (AvgIpc) is 3.04. The van der Waals surface area contributed by atoms with Crippen molar-refractivity contribution in [3.8, 4) is 11.5 Å². The van der Waals surface area contributed by atoms with Gasteiger partial charge in [0, 0.05) is 6.04 Å². The second-order valence-electron chi connectivity index (χ2n) is 5.19. The first-order valence-corrected chi connectivity index (χ1v) is 7.32. The summed E-state index contributed by atoms with van der Waals surface area (Å²) in [5, 5.41) is 2.86. The molecule has 1 N–H and O–H groups in total. The monoisotopic (exact) mass is 307 g/mol. The van der Waals surface area contributed by atoms with Crippen molar-refractivity contribution in [1.29, 1.82) is 0 Å². The topological polar surface area (TPSA) is 73.9 Å². The van der Waals surface area contributed by atoms with Crippen LogP contribution in [0.5, 0.6) is 11.5 Å². The standard InChI is InChI=1S/C16H21NO5/c1-20-12-7-8-14(21-2)13(9-12)16(19)22-10-15(18)17-11-5-3-4-6-11/h7-9,11H,3-6,10H2,1-2H3,(H,17,18). The fourth-order valence-corrected chi connectivity index (χ4v) is 2.52. The number of hydrogen-bond donors (Lipinski definition) is 1. The van der Waals surface area contributed by atoms with Crippen LogP contribution in [0.2, 0.25) is 0 Å². The highest BCUT2D eigenvalue weighted by molar-refractivity contribution is 5.94. The molecule has 6 heteroatoms. The van der Waals surface area contributed by atoms with Gasteiger partial charge >= 0.3 is 5.97 Å². The molecule has 120 valence electrons. The van der Waals surface area contributed by atoms with E-state index in [-0.39, 0.29) is 24.1 Å². The minimum atomic E-state index is -0.614. The molecule has 0 unspecified atom stereocenters. The van der Waals surface area contributed by atoms with Gasteiger partial charge in [-0.15, -0.1) is 0 Å². The molecular formula is C16H21NO5. The first-order valence-electron chi connectivity index (χ1n) is 7.32. The van der Waals surface area contributed by atoms with Crippen LogP contribution < -0.4 is 14.8 Å². The van der Waals surface area contributed by atoms with Gasteiger partial charge in [0.25, 0.3) is 5.91 Å². The van der Waals surface area contributed by atoms with E-state index in [1.54, 1.807) is 12.1 Å². The van der Waals surface area contributed by atoms with Crippen LogP contribution in [0.3, 0.4) is 0 Å². The fraction of sp³-hybridized carbons (Fsp3) is 0.500. The van der Waals surface area contributed by atoms with Crippen molar-refractivity contribution in [3.63, 3.8) is 0 Å². The Morgan fingerprint density at radius 1 is 1.18 bits per heavy atom. The molecule has 0 spiro atoms. The Morgan fingerprint density at radius 2 is 1.91 bits per heavy atom. The van der Waals surface area contributed by atoms with Crippen molar-refractivity contribution in [3.05, 3.63) is 23.8 Å². The molecule has 1 aliphatic rings. The number of nitrogens with one attached hydrogen (secondary N) is 1. The van der Waals surface area contributed by atoms with Crippen LogP contribution in [0.15, 0.2) is 18.2 Å². The lowest BCUT2D eigenvalue weighted by Gasteiger charge is -2.13. The summed E-state index contributed by atoms with van der Waals surface area (Å²) < 4.78 is 15.3. The molecule has 0 saturated heterocycles. The molecule has 1 saturated carbocycles. The molecule has 0 aromatic heterocycles. The molecule has 1 amide bonds. The maximum atomic E-state index is 12.1. The van der Waals surface area contributed by atoms with Crippen LogP contribution in [0.25, 0.3) is 0 Å². The summed E-state index contributed by atoms with van der Waals surface area (Å²) in [4.78, 5) is 23.9. The number of methoxy groups -OCH3 is 2. The van der Waals surface area contributed by atoms with E-state index in [9.17, 15) is 9.59 Å². The third-order valence-corrected chi connectivity index (χ3v) is 3.68. The normalized spacial score (nSPS) is 14.5. The largest absolute Gasteiger partial charge is 0.497 e. The SMILES string of the molecule is COc1ccc(OC)c(C(=O)OCC(=O)NC2CCCC2)c1. The minimum absolute atomic E-state index is 0.206. The number of amides is 1. The Morgan fingerprint density at radius 3 is 2.55 bits per heavy atom. The molecule has 1 aromatic rings. The van der Waals surface area contributed by atoms with Gasteiger partial charge in [0.15, 0.2) is 6.61 Å². The lowest BCUT2D eigenvalue weighted by atomic mass is 10.2. The highest BCUT2D eigenvalue weighted by atomic mass is 16.5. The number of benzene rings is 1. The van der Waals surface area contributed by atoms with Crippen molar-refractivity contribution in [2.45, 2.75) is 31.7 Å². The highest BCUT2D eigenvalue weighted by Gasteiger charge is 2.19. The molecule has 1 fully saturated rings. The highest BCUT2D eigenvalue weighted by Crippen LogP contribution is 2.24. The van der Waals surface area contributed by atoms with Gasteiger partial charge in [-0.3, -0.25) is 4.79 Å². The lowest BCUT2D eigenvalue weighted by Crippen LogP contribution is -2.35. The average molecular weight is 307 g/mol. The van der Waals surface area contributed by atoms with Gasteiger partial charge in [0.1, 0.15) is 17.1 Å². The van der Waals surface area contributed by atoms with Crippen LogP contribution in [0.1, 0.15) is 36.0 Å². The number of hydrogen-bond acceptors (Lipinski definition) is 5. The van der Waals surface area contributed by atoms with E-state index < -0.39 is 5.97 Å². The van der Waals surface area contributed by atoms with Gasteiger partial charge in [-0.1, -0.05) is 12.8 Å². The van der Waals surface area contributed by atoms with E-state index in [1.165, 1.54) is 20.3 Å². The van der Waals surface area contributed by atoms with Crippen molar-refractivity contribution < 1.29 is 23.8 Å². The van der Waals surface area contributed by atoms with Crippen LogP contribution in [-0.4, -0.2) is 38.7 Å². The summed E-state index contributed by atoms with van der Waals surface area (Å²) in [5.74, 6) is 0.00425. The Hall–Kier alpha value is -2.24. The Kier molecular flexibility index (Phi) is 5.63. The fourth-order valence-electron chi connectivity index (χ4n) is 2.52. The second-order valence-corrected chi connectivity index (χ2v) is 5.19. The Balaban J connectivity index is 1.92. The van der Waals surface area contributed by atoms with Crippen LogP contribution in [-0.2, 0) is 9.53 Å². The quantitative estimate of drug-likeness (QED) is 0.813. The first kappa shape index (κ1) is 16.1. The van der Waals surface area contributed by atoms with Crippen molar-refractivity contribution in [2.24, 2.45) is 0 Å². The van der Waals surface area contributed by atoms with Gasteiger partial charge in [-0.2, -0.15) is 0 Å². The van der Waals surface area contributed by atoms with Crippen molar-refractivity contribution in [1.82, 2.24) is 5.32 Å². The maximum Gasteiger partial charge on any atom is 0.342 e. The van der Waals surface area contributed by atoms with Crippen molar-refractivity contribution in [2.75, 3.05) is 20.8 Å². The van der Waals surface area contributed by atoms with Crippen LogP contribution >= 0.6 is 0 Å². The molecule has 0 aliphatic heterocycles. The molecule has 0 bridgehead atoms. The zero-order valence-electron chi connectivity index (χ0n) is 12.9. The first-order chi connectivity index (χ1) is 10.6. The molecule has 22 heavy (non-hydrogen) atoms. The Labute approximate surface area is 129 Å². The third kappa shape index (κ3) is 4.13. The molecule has 2 rings (SSSR count). The smallest absolute Gasteiger partial charge is 0.342 e. The predicted molar refractivity (Wildman–Crippen MR) is 80.2 cm³/mol.